The maximum Gasteiger partial charge on any atom is 0.262 e. The van der Waals surface area contributed by atoms with Gasteiger partial charge in [0, 0.05) is 18.0 Å². The van der Waals surface area contributed by atoms with Gasteiger partial charge in [0.15, 0.2) is 0 Å². The first-order valence-electron chi connectivity index (χ1n) is 6.72. The molecular weight excluding hydrogens is 357 g/mol. The van der Waals surface area contributed by atoms with Gasteiger partial charge in [0.25, 0.3) is 5.56 Å². The molecule has 0 saturated carbocycles. The topological polar surface area (TPSA) is 64.0 Å². The molecule has 0 bridgehead atoms. The van der Waals surface area contributed by atoms with E-state index in [1.165, 1.54) is 22.2 Å². The second-order valence-electron chi connectivity index (χ2n) is 4.80. The van der Waals surface area contributed by atoms with Gasteiger partial charge in [-0.2, -0.15) is 0 Å². The monoisotopic (exact) mass is 367 g/mol. The first kappa shape index (κ1) is 16.0. The highest BCUT2D eigenvalue weighted by molar-refractivity contribution is 7.16. The van der Waals surface area contributed by atoms with E-state index in [-0.39, 0.29) is 24.4 Å². The number of carbonyl (C=O) groups is 1. The second kappa shape index (κ2) is 6.70. The van der Waals surface area contributed by atoms with Gasteiger partial charge in [0.05, 0.1) is 22.4 Å². The molecule has 0 saturated heterocycles. The van der Waals surface area contributed by atoms with Crippen LogP contribution in [-0.4, -0.2) is 15.5 Å². The zero-order chi connectivity index (χ0) is 16.4. The average Bonchev–Trinajstić information content (AvgIpc) is 2.99. The van der Waals surface area contributed by atoms with Crippen molar-refractivity contribution in [2.24, 2.45) is 0 Å². The summed E-state index contributed by atoms with van der Waals surface area (Å²) in [6.45, 7) is 0.245. The molecule has 0 fully saturated rings. The molecule has 23 heavy (non-hydrogen) atoms. The van der Waals surface area contributed by atoms with Gasteiger partial charge in [0.2, 0.25) is 5.91 Å². The minimum atomic E-state index is -0.244. The predicted octanol–water partition coefficient (Wildman–Crippen LogP) is 3.79. The van der Waals surface area contributed by atoms with Gasteiger partial charge >= 0.3 is 0 Å². The van der Waals surface area contributed by atoms with Crippen molar-refractivity contribution in [1.29, 1.82) is 0 Å². The van der Waals surface area contributed by atoms with Crippen LogP contribution in [0.2, 0.25) is 10.0 Å². The van der Waals surface area contributed by atoms with Crippen molar-refractivity contribution in [1.82, 2.24) is 9.55 Å². The van der Waals surface area contributed by atoms with E-state index in [4.69, 9.17) is 23.2 Å². The van der Waals surface area contributed by atoms with Gasteiger partial charge in [-0.3, -0.25) is 14.2 Å². The Morgan fingerprint density at radius 3 is 2.91 bits per heavy atom. The first-order chi connectivity index (χ1) is 11.0. The van der Waals surface area contributed by atoms with Crippen LogP contribution in [-0.2, 0) is 11.3 Å². The number of benzene rings is 1. The third-order valence-electron chi connectivity index (χ3n) is 3.24. The van der Waals surface area contributed by atoms with E-state index in [0.717, 1.165) is 0 Å². The number of fused-ring (bicyclic) bond motifs is 1. The van der Waals surface area contributed by atoms with Gasteiger partial charge in [-0.25, -0.2) is 4.98 Å². The molecule has 5 nitrogen and oxygen atoms in total. The molecule has 118 valence electrons. The Morgan fingerprint density at radius 1 is 1.30 bits per heavy atom. The van der Waals surface area contributed by atoms with Gasteiger partial charge in [0.1, 0.15) is 4.83 Å². The summed E-state index contributed by atoms with van der Waals surface area (Å²) in [7, 11) is 0. The van der Waals surface area contributed by atoms with Crippen LogP contribution in [0.25, 0.3) is 10.2 Å². The summed E-state index contributed by atoms with van der Waals surface area (Å²) >= 11 is 13.2. The fourth-order valence-corrected chi connectivity index (χ4v) is 3.26. The highest BCUT2D eigenvalue weighted by Crippen LogP contribution is 2.25. The molecule has 8 heteroatoms. The van der Waals surface area contributed by atoms with E-state index < -0.39 is 0 Å². The highest BCUT2D eigenvalue weighted by atomic mass is 35.5. The van der Waals surface area contributed by atoms with Crippen LogP contribution in [0, 0.1) is 0 Å². The maximum atomic E-state index is 12.2. The third kappa shape index (κ3) is 3.55. The standard InChI is InChI=1S/C15H11Cl2N3O2S/c16-9-1-2-12(11(17)7-9)19-13(21)3-5-20-8-18-14-10(15(20)22)4-6-23-14/h1-2,4,6-8H,3,5H2,(H,19,21). The molecule has 2 heterocycles. The number of nitrogens with zero attached hydrogens (tertiary/aromatic N) is 2. The third-order valence-corrected chi connectivity index (χ3v) is 4.60. The SMILES string of the molecule is O=C(CCn1cnc2sccc2c1=O)Nc1ccc(Cl)cc1Cl. The number of carbonyl (C=O) groups excluding carboxylic acids is 1. The van der Waals surface area contributed by atoms with E-state index >= 15 is 0 Å². The number of rotatable bonds is 4. The largest absolute Gasteiger partial charge is 0.325 e. The predicted molar refractivity (Wildman–Crippen MR) is 93.6 cm³/mol. The summed E-state index contributed by atoms with van der Waals surface area (Å²) in [5.41, 5.74) is 0.341. The van der Waals surface area contributed by atoms with Crippen molar-refractivity contribution in [3.63, 3.8) is 0 Å². The van der Waals surface area contributed by atoms with Gasteiger partial charge in [-0.15, -0.1) is 11.3 Å². The molecule has 0 aliphatic carbocycles. The lowest BCUT2D eigenvalue weighted by Gasteiger charge is -2.08. The lowest BCUT2D eigenvalue weighted by atomic mass is 10.3. The zero-order valence-corrected chi connectivity index (χ0v) is 14.1. The van der Waals surface area contributed by atoms with Gasteiger partial charge in [-0.1, -0.05) is 23.2 Å². The van der Waals surface area contributed by atoms with Crippen molar-refractivity contribution in [3.8, 4) is 0 Å². The summed E-state index contributed by atoms with van der Waals surface area (Å²) in [4.78, 5) is 29.1. The van der Waals surface area contributed by atoms with Crippen LogP contribution in [0.4, 0.5) is 5.69 Å². The van der Waals surface area contributed by atoms with Crippen LogP contribution in [0.1, 0.15) is 6.42 Å². The number of anilines is 1. The number of aryl methyl sites for hydroxylation is 1. The van der Waals surface area contributed by atoms with E-state index in [1.807, 2.05) is 5.38 Å². The molecule has 1 amide bonds. The maximum absolute atomic E-state index is 12.2. The molecule has 0 unspecified atom stereocenters. The fourth-order valence-electron chi connectivity index (χ4n) is 2.08. The van der Waals surface area contributed by atoms with E-state index in [9.17, 15) is 9.59 Å². The number of amides is 1. The van der Waals surface area contributed by atoms with Crippen molar-refractivity contribution in [2.45, 2.75) is 13.0 Å². The Bertz CT molecular complexity index is 936. The average molecular weight is 368 g/mol. The number of aromatic nitrogens is 2. The summed E-state index contributed by atoms with van der Waals surface area (Å²) in [5.74, 6) is -0.244. The molecule has 3 aromatic rings. The molecule has 0 spiro atoms. The van der Waals surface area contributed by atoms with Gasteiger partial charge < -0.3 is 5.32 Å². The Hall–Kier alpha value is -1.89. The summed E-state index contributed by atoms with van der Waals surface area (Å²) in [6, 6.07) is 6.56. The smallest absolute Gasteiger partial charge is 0.262 e. The minimum Gasteiger partial charge on any atom is -0.325 e. The van der Waals surface area contributed by atoms with E-state index in [0.29, 0.717) is 25.9 Å². The first-order valence-corrected chi connectivity index (χ1v) is 8.36. The Labute approximate surface area is 145 Å². The molecule has 1 N–H and O–H groups in total. The zero-order valence-electron chi connectivity index (χ0n) is 11.8. The van der Waals surface area contributed by atoms with Crippen LogP contribution >= 0.6 is 34.5 Å². The summed E-state index contributed by atoms with van der Waals surface area (Å²) in [6.07, 6.45) is 1.60. The van der Waals surface area contributed by atoms with Gasteiger partial charge in [-0.05, 0) is 29.6 Å². The van der Waals surface area contributed by atoms with E-state index in [2.05, 4.69) is 10.3 Å². The molecular formula is C15H11Cl2N3O2S. The molecule has 0 atom stereocenters. The number of thiophene rings is 1. The lowest BCUT2D eigenvalue weighted by molar-refractivity contribution is -0.116. The Morgan fingerprint density at radius 2 is 2.13 bits per heavy atom. The van der Waals surface area contributed by atoms with Crippen LogP contribution in [0.3, 0.4) is 0 Å². The summed E-state index contributed by atoms with van der Waals surface area (Å²) in [5, 5.41) is 5.94. The quantitative estimate of drug-likeness (QED) is 0.762. The molecule has 3 rings (SSSR count). The highest BCUT2D eigenvalue weighted by Gasteiger charge is 2.09. The lowest BCUT2D eigenvalue weighted by Crippen LogP contribution is -2.23. The van der Waals surface area contributed by atoms with Crippen LogP contribution in [0.5, 0.6) is 0 Å². The molecule has 0 radical (unpaired) electrons. The van der Waals surface area contributed by atoms with Crippen molar-refractivity contribution < 1.29 is 4.79 Å². The number of halogens is 2. The molecule has 0 aliphatic heterocycles. The van der Waals surface area contributed by atoms with Crippen molar-refractivity contribution in [3.05, 3.63) is 56.4 Å². The minimum absolute atomic E-state index is 0.135. The second-order valence-corrected chi connectivity index (χ2v) is 6.54. The normalized spacial score (nSPS) is 10.9. The Balaban J connectivity index is 1.68. The molecule has 2 aromatic heterocycles. The van der Waals surface area contributed by atoms with Crippen molar-refractivity contribution in [2.75, 3.05) is 5.32 Å². The van der Waals surface area contributed by atoms with Crippen LogP contribution in [0.15, 0.2) is 40.8 Å². The van der Waals surface area contributed by atoms with E-state index in [1.54, 1.807) is 24.3 Å². The fraction of sp³-hybridized carbons (Fsp3) is 0.133. The van der Waals surface area contributed by atoms with Crippen molar-refractivity contribution >= 4 is 56.3 Å². The number of nitrogens with one attached hydrogen (secondary N) is 1. The Kier molecular flexibility index (Phi) is 4.66. The van der Waals surface area contributed by atoms with Crippen LogP contribution < -0.4 is 10.9 Å². The number of hydrogen-bond acceptors (Lipinski definition) is 4. The molecule has 1 aromatic carbocycles. The summed E-state index contributed by atoms with van der Waals surface area (Å²) < 4.78 is 1.43. The molecule has 0 aliphatic rings. The number of hydrogen-bond donors (Lipinski definition) is 1.